The molecule has 0 radical (unpaired) electrons. The normalized spacial score (nSPS) is 37.4. The summed E-state index contributed by atoms with van der Waals surface area (Å²) in [5.41, 5.74) is 5.72. The number of rotatable bonds is 2. The Kier molecular flexibility index (Phi) is 2.58. The van der Waals surface area contributed by atoms with Crippen LogP contribution in [0.1, 0.15) is 32.1 Å². The lowest BCUT2D eigenvalue weighted by atomic mass is 10.0. The number of aliphatic hydroxyl groups excluding tert-OH is 1. The number of likely N-dealkylation sites (tertiary alicyclic amines) is 1. The van der Waals surface area contributed by atoms with Crippen molar-refractivity contribution in [3.63, 3.8) is 0 Å². The van der Waals surface area contributed by atoms with Crippen LogP contribution in [0, 0.1) is 0 Å². The molecule has 0 aromatic heterocycles. The molecule has 0 bridgehead atoms. The number of hydrogen-bond acceptors (Lipinski definition) is 3. The van der Waals surface area contributed by atoms with Gasteiger partial charge in [-0.15, -0.1) is 0 Å². The predicted molar refractivity (Wildman–Crippen MR) is 52.5 cm³/mol. The zero-order chi connectivity index (χ0) is 9.31. The van der Waals surface area contributed by atoms with Crippen LogP contribution >= 0.6 is 0 Å². The van der Waals surface area contributed by atoms with E-state index in [1.807, 2.05) is 0 Å². The van der Waals surface area contributed by atoms with Crippen molar-refractivity contribution in [3.8, 4) is 0 Å². The number of nitrogens with zero attached hydrogens (tertiary/aromatic N) is 1. The summed E-state index contributed by atoms with van der Waals surface area (Å²) in [6.07, 6.45) is 6.37. The van der Waals surface area contributed by atoms with Gasteiger partial charge >= 0.3 is 0 Å². The molecule has 2 rings (SSSR count). The average molecular weight is 184 g/mol. The lowest BCUT2D eigenvalue weighted by molar-refractivity contribution is 0.177. The van der Waals surface area contributed by atoms with Crippen LogP contribution in [-0.4, -0.2) is 41.3 Å². The van der Waals surface area contributed by atoms with E-state index in [9.17, 15) is 0 Å². The quantitative estimate of drug-likeness (QED) is 0.650. The molecule has 2 aliphatic rings. The van der Waals surface area contributed by atoms with E-state index >= 15 is 0 Å². The summed E-state index contributed by atoms with van der Waals surface area (Å²) < 4.78 is 0. The molecule has 1 heterocycles. The van der Waals surface area contributed by atoms with Crippen molar-refractivity contribution in [2.45, 2.75) is 43.7 Å². The van der Waals surface area contributed by atoms with Crippen molar-refractivity contribution in [1.29, 1.82) is 0 Å². The minimum absolute atomic E-state index is 0.135. The van der Waals surface area contributed by atoms with E-state index in [4.69, 9.17) is 10.8 Å². The molecule has 0 aromatic rings. The van der Waals surface area contributed by atoms with Crippen LogP contribution in [0.5, 0.6) is 0 Å². The smallest absolute Gasteiger partial charge is 0.0624 e. The second kappa shape index (κ2) is 3.56. The molecule has 3 N–H and O–H groups in total. The van der Waals surface area contributed by atoms with Gasteiger partial charge in [-0.25, -0.2) is 0 Å². The minimum atomic E-state index is -0.303. The molecule has 3 heteroatoms. The molecule has 13 heavy (non-hydrogen) atoms. The molecule has 0 aromatic carbocycles. The molecule has 0 spiro atoms. The first kappa shape index (κ1) is 9.44. The van der Waals surface area contributed by atoms with E-state index in [1.165, 1.54) is 25.7 Å². The van der Waals surface area contributed by atoms with Gasteiger partial charge in [-0.3, -0.25) is 4.90 Å². The summed E-state index contributed by atoms with van der Waals surface area (Å²) in [6, 6.07) is 0.761. The van der Waals surface area contributed by atoms with Crippen LogP contribution in [0.15, 0.2) is 0 Å². The van der Waals surface area contributed by atoms with Crippen LogP contribution in [0.25, 0.3) is 0 Å². The van der Waals surface area contributed by atoms with Crippen LogP contribution in [0.2, 0.25) is 0 Å². The highest BCUT2D eigenvalue weighted by Crippen LogP contribution is 2.29. The lowest BCUT2D eigenvalue weighted by Crippen LogP contribution is -2.47. The van der Waals surface area contributed by atoms with Crippen LogP contribution in [-0.2, 0) is 0 Å². The summed E-state index contributed by atoms with van der Waals surface area (Å²) in [6.45, 7) is 2.12. The van der Waals surface area contributed by atoms with Crippen molar-refractivity contribution in [3.05, 3.63) is 0 Å². The largest absolute Gasteiger partial charge is 0.394 e. The van der Waals surface area contributed by atoms with Crippen LogP contribution in [0.4, 0.5) is 0 Å². The summed E-state index contributed by atoms with van der Waals surface area (Å²) in [5, 5.41) is 9.13. The third kappa shape index (κ3) is 1.87. The molecule has 76 valence electrons. The predicted octanol–water partition coefficient (Wildman–Crippen LogP) is 0.324. The Hall–Kier alpha value is -0.120. The van der Waals surface area contributed by atoms with Gasteiger partial charge in [-0.1, -0.05) is 12.8 Å². The maximum Gasteiger partial charge on any atom is 0.0624 e. The molecular weight excluding hydrogens is 164 g/mol. The first-order valence-corrected chi connectivity index (χ1v) is 5.37. The standard InChI is InChI=1S/C10H20N2O/c11-10(8-13)5-6-12(7-10)9-3-1-2-4-9/h9,13H,1-8,11H2. The molecule has 1 saturated carbocycles. The van der Waals surface area contributed by atoms with Gasteiger partial charge in [-0.05, 0) is 19.3 Å². The maximum atomic E-state index is 9.13. The molecule has 1 aliphatic heterocycles. The molecule has 1 saturated heterocycles. The van der Waals surface area contributed by atoms with Gasteiger partial charge in [0.05, 0.1) is 12.1 Å². The van der Waals surface area contributed by atoms with E-state index in [0.717, 1.165) is 25.6 Å². The van der Waals surface area contributed by atoms with E-state index in [1.54, 1.807) is 0 Å². The highest BCUT2D eigenvalue weighted by Gasteiger charge is 2.37. The first-order chi connectivity index (χ1) is 6.23. The van der Waals surface area contributed by atoms with E-state index in [0.29, 0.717) is 0 Å². The molecule has 1 unspecified atom stereocenters. The Labute approximate surface area is 79.9 Å². The number of nitrogens with two attached hydrogens (primary N) is 1. The van der Waals surface area contributed by atoms with Crippen LogP contribution in [0.3, 0.4) is 0 Å². The van der Waals surface area contributed by atoms with E-state index < -0.39 is 0 Å². The minimum Gasteiger partial charge on any atom is -0.394 e. The number of hydrogen-bond donors (Lipinski definition) is 2. The van der Waals surface area contributed by atoms with Crippen molar-refractivity contribution in [1.82, 2.24) is 4.90 Å². The second-order valence-corrected chi connectivity index (χ2v) is 4.68. The highest BCUT2D eigenvalue weighted by atomic mass is 16.3. The molecule has 2 fully saturated rings. The zero-order valence-electron chi connectivity index (χ0n) is 8.21. The Balaban J connectivity index is 1.90. The fourth-order valence-electron chi connectivity index (χ4n) is 2.64. The van der Waals surface area contributed by atoms with Gasteiger partial charge in [0, 0.05) is 19.1 Å². The van der Waals surface area contributed by atoms with Crippen molar-refractivity contribution in [2.24, 2.45) is 5.73 Å². The maximum absolute atomic E-state index is 9.13. The zero-order valence-corrected chi connectivity index (χ0v) is 8.21. The first-order valence-electron chi connectivity index (χ1n) is 5.37. The molecule has 1 atom stereocenters. The van der Waals surface area contributed by atoms with Crippen molar-refractivity contribution in [2.75, 3.05) is 19.7 Å². The molecule has 0 amide bonds. The summed E-state index contributed by atoms with van der Waals surface area (Å²) >= 11 is 0. The topological polar surface area (TPSA) is 49.5 Å². The van der Waals surface area contributed by atoms with Crippen molar-refractivity contribution < 1.29 is 5.11 Å². The number of aliphatic hydroxyl groups is 1. The molecule has 1 aliphatic carbocycles. The average Bonchev–Trinajstić information content (AvgIpc) is 2.73. The van der Waals surface area contributed by atoms with Gasteiger partial charge in [-0.2, -0.15) is 0 Å². The van der Waals surface area contributed by atoms with Crippen LogP contribution < -0.4 is 5.73 Å². The summed E-state index contributed by atoms with van der Waals surface area (Å²) in [5.74, 6) is 0. The fourth-order valence-corrected chi connectivity index (χ4v) is 2.64. The van der Waals surface area contributed by atoms with E-state index in [2.05, 4.69) is 4.90 Å². The summed E-state index contributed by atoms with van der Waals surface area (Å²) in [4.78, 5) is 2.48. The monoisotopic (exact) mass is 184 g/mol. The highest BCUT2D eigenvalue weighted by molar-refractivity contribution is 4.96. The van der Waals surface area contributed by atoms with Gasteiger partial charge in [0.2, 0.25) is 0 Å². The van der Waals surface area contributed by atoms with Gasteiger partial charge in [0.1, 0.15) is 0 Å². The SMILES string of the molecule is NC1(CO)CCN(C2CCCC2)C1. The second-order valence-electron chi connectivity index (χ2n) is 4.68. The van der Waals surface area contributed by atoms with E-state index in [-0.39, 0.29) is 12.1 Å². The Morgan fingerprint density at radius 1 is 1.38 bits per heavy atom. The molecule has 3 nitrogen and oxygen atoms in total. The molecular formula is C10H20N2O. The third-order valence-corrected chi connectivity index (χ3v) is 3.57. The fraction of sp³-hybridized carbons (Fsp3) is 1.00. The van der Waals surface area contributed by atoms with Crippen molar-refractivity contribution >= 4 is 0 Å². The lowest BCUT2D eigenvalue weighted by Gasteiger charge is -2.26. The van der Waals surface area contributed by atoms with Gasteiger partial charge in [0.25, 0.3) is 0 Å². The Morgan fingerprint density at radius 2 is 2.08 bits per heavy atom. The Bertz CT molecular complexity index is 180. The van der Waals surface area contributed by atoms with Gasteiger partial charge in [0.15, 0.2) is 0 Å². The van der Waals surface area contributed by atoms with Gasteiger partial charge < -0.3 is 10.8 Å². The Morgan fingerprint density at radius 3 is 2.62 bits per heavy atom. The summed E-state index contributed by atoms with van der Waals surface area (Å²) in [7, 11) is 0. The third-order valence-electron chi connectivity index (χ3n) is 3.57.